The highest BCUT2D eigenvalue weighted by atomic mass is 35.5. The summed E-state index contributed by atoms with van der Waals surface area (Å²) in [6, 6.07) is 4.73. The Hall–Kier alpha value is -0.680. The van der Waals surface area contributed by atoms with Gasteiger partial charge >= 0.3 is 0 Å². The molecule has 0 spiro atoms. The highest BCUT2D eigenvalue weighted by molar-refractivity contribution is 6.30. The van der Waals surface area contributed by atoms with Crippen LogP contribution < -0.4 is 5.73 Å². The quantitative estimate of drug-likeness (QED) is 0.926. The molecule has 2 N–H and O–H groups in total. The second-order valence-electron chi connectivity index (χ2n) is 5.33. The minimum atomic E-state index is -0.276. The lowest BCUT2D eigenvalue weighted by atomic mass is 10.0. The lowest BCUT2D eigenvalue weighted by molar-refractivity contribution is -0.0525. The van der Waals surface area contributed by atoms with E-state index in [1.807, 2.05) is 0 Å². The van der Waals surface area contributed by atoms with Crippen LogP contribution in [0, 0.1) is 5.82 Å². The number of nitrogens with two attached hydrogens (primary N) is 1. The fourth-order valence-corrected chi connectivity index (χ4v) is 3.30. The van der Waals surface area contributed by atoms with E-state index >= 15 is 0 Å². The van der Waals surface area contributed by atoms with E-state index in [0.717, 1.165) is 25.9 Å². The Kier molecular flexibility index (Phi) is 3.76. The van der Waals surface area contributed by atoms with E-state index in [2.05, 4.69) is 4.90 Å². The summed E-state index contributed by atoms with van der Waals surface area (Å²) in [7, 11) is 0. The monoisotopic (exact) mass is 284 g/mol. The van der Waals surface area contributed by atoms with Crippen molar-refractivity contribution in [2.45, 2.75) is 31.1 Å². The van der Waals surface area contributed by atoms with Crippen molar-refractivity contribution < 1.29 is 9.13 Å². The van der Waals surface area contributed by atoms with Gasteiger partial charge in [0.2, 0.25) is 0 Å². The van der Waals surface area contributed by atoms with Crippen LogP contribution in [0.15, 0.2) is 18.2 Å². The number of benzene rings is 1. The topological polar surface area (TPSA) is 38.5 Å². The number of halogens is 2. The second kappa shape index (κ2) is 5.37. The van der Waals surface area contributed by atoms with E-state index in [9.17, 15) is 4.39 Å². The van der Waals surface area contributed by atoms with Crippen molar-refractivity contribution in [3.05, 3.63) is 34.6 Å². The van der Waals surface area contributed by atoms with Gasteiger partial charge in [-0.3, -0.25) is 4.90 Å². The average Bonchev–Trinajstić information content (AvgIpc) is 2.72. The van der Waals surface area contributed by atoms with Crippen LogP contribution in [0.4, 0.5) is 4.39 Å². The molecule has 19 heavy (non-hydrogen) atoms. The van der Waals surface area contributed by atoms with Crippen molar-refractivity contribution in [3.63, 3.8) is 0 Å². The summed E-state index contributed by atoms with van der Waals surface area (Å²) in [6.07, 6.45) is 2.76. The number of rotatable bonds is 3. The third-order valence-corrected chi connectivity index (χ3v) is 4.29. The van der Waals surface area contributed by atoms with Gasteiger partial charge in [0.25, 0.3) is 0 Å². The standard InChI is InChI=1S/C14H18ClFN2O/c15-9-1-4-12(13(16)5-9)14(6-17)18-7-10-2-3-11(8-18)19-10/h1,4-5,10-11,14H,2-3,6-8,17H2. The van der Waals surface area contributed by atoms with Gasteiger partial charge in [-0.2, -0.15) is 0 Å². The number of likely N-dealkylation sites (tertiary alicyclic amines) is 1. The Balaban J connectivity index is 1.83. The summed E-state index contributed by atoms with van der Waals surface area (Å²) in [5.74, 6) is -0.276. The maximum absolute atomic E-state index is 14.1. The molecule has 1 aromatic carbocycles. The maximum atomic E-state index is 14.1. The van der Waals surface area contributed by atoms with Crippen molar-refractivity contribution in [1.82, 2.24) is 4.90 Å². The van der Waals surface area contributed by atoms with E-state index in [1.165, 1.54) is 6.07 Å². The summed E-state index contributed by atoms with van der Waals surface area (Å²) >= 11 is 5.80. The zero-order valence-corrected chi connectivity index (χ0v) is 11.4. The van der Waals surface area contributed by atoms with E-state index in [0.29, 0.717) is 17.1 Å². The molecule has 5 heteroatoms. The Morgan fingerprint density at radius 3 is 2.63 bits per heavy atom. The largest absolute Gasteiger partial charge is 0.372 e. The molecule has 2 fully saturated rings. The Morgan fingerprint density at radius 1 is 1.37 bits per heavy atom. The summed E-state index contributed by atoms with van der Waals surface area (Å²) in [6.45, 7) is 2.07. The zero-order chi connectivity index (χ0) is 13.4. The summed E-state index contributed by atoms with van der Waals surface area (Å²) < 4.78 is 19.9. The summed E-state index contributed by atoms with van der Waals surface area (Å²) in [4.78, 5) is 2.25. The molecule has 2 aliphatic heterocycles. The molecule has 2 saturated heterocycles. The van der Waals surface area contributed by atoms with Gasteiger partial charge in [0, 0.05) is 30.2 Å². The molecule has 3 rings (SSSR count). The number of hydrogen-bond donors (Lipinski definition) is 1. The molecule has 1 aromatic rings. The number of fused-ring (bicyclic) bond motifs is 2. The third-order valence-electron chi connectivity index (χ3n) is 4.06. The van der Waals surface area contributed by atoms with Gasteiger partial charge in [0.1, 0.15) is 5.82 Å². The summed E-state index contributed by atoms with van der Waals surface area (Å²) in [5.41, 5.74) is 6.50. The second-order valence-corrected chi connectivity index (χ2v) is 5.77. The molecule has 3 atom stereocenters. The Morgan fingerprint density at radius 2 is 2.05 bits per heavy atom. The lowest BCUT2D eigenvalue weighted by Gasteiger charge is -2.37. The molecule has 3 unspecified atom stereocenters. The molecule has 0 aromatic heterocycles. The molecule has 3 nitrogen and oxygen atoms in total. The molecule has 0 aliphatic carbocycles. The van der Waals surface area contributed by atoms with Crippen molar-refractivity contribution >= 4 is 11.6 Å². The van der Waals surface area contributed by atoms with Gasteiger partial charge in [-0.25, -0.2) is 4.39 Å². The van der Waals surface area contributed by atoms with Crippen LogP contribution in [0.2, 0.25) is 5.02 Å². The lowest BCUT2D eigenvalue weighted by Crippen LogP contribution is -2.46. The van der Waals surface area contributed by atoms with Gasteiger partial charge in [-0.05, 0) is 25.0 Å². The van der Waals surface area contributed by atoms with Gasteiger partial charge in [0.05, 0.1) is 18.2 Å². The molecular formula is C14H18ClFN2O. The Labute approximate surface area is 117 Å². The van der Waals surface area contributed by atoms with E-state index in [4.69, 9.17) is 22.1 Å². The first-order valence-electron chi connectivity index (χ1n) is 6.72. The third kappa shape index (κ3) is 2.63. The van der Waals surface area contributed by atoms with Gasteiger partial charge < -0.3 is 10.5 Å². The van der Waals surface area contributed by atoms with Gasteiger partial charge in [0.15, 0.2) is 0 Å². The van der Waals surface area contributed by atoms with E-state index in [1.54, 1.807) is 12.1 Å². The number of hydrogen-bond acceptors (Lipinski definition) is 3. The van der Waals surface area contributed by atoms with Crippen molar-refractivity contribution in [3.8, 4) is 0 Å². The van der Waals surface area contributed by atoms with Crippen LogP contribution >= 0.6 is 11.6 Å². The van der Waals surface area contributed by atoms with Crippen LogP contribution in [-0.2, 0) is 4.74 Å². The maximum Gasteiger partial charge on any atom is 0.129 e. The van der Waals surface area contributed by atoms with Crippen molar-refractivity contribution in [2.75, 3.05) is 19.6 Å². The molecule has 2 heterocycles. The first-order valence-corrected chi connectivity index (χ1v) is 7.09. The predicted octanol–water partition coefficient (Wildman–Crippen LogP) is 2.34. The fourth-order valence-electron chi connectivity index (χ4n) is 3.15. The molecule has 2 aliphatic rings. The number of nitrogens with zero attached hydrogens (tertiary/aromatic N) is 1. The fraction of sp³-hybridized carbons (Fsp3) is 0.571. The van der Waals surface area contributed by atoms with Gasteiger partial charge in [-0.15, -0.1) is 0 Å². The number of ether oxygens (including phenoxy) is 1. The molecular weight excluding hydrogens is 267 g/mol. The minimum absolute atomic E-state index is 0.0933. The van der Waals surface area contributed by atoms with Crippen LogP contribution in [0.3, 0.4) is 0 Å². The highest BCUT2D eigenvalue weighted by Gasteiger charge is 2.37. The van der Waals surface area contributed by atoms with Crippen molar-refractivity contribution in [2.24, 2.45) is 5.73 Å². The zero-order valence-electron chi connectivity index (χ0n) is 10.7. The Bertz CT molecular complexity index is 459. The summed E-state index contributed by atoms with van der Waals surface area (Å²) in [5, 5.41) is 0.416. The highest BCUT2D eigenvalue weighted by Crippen LogP contribution is 2.32. The predicted molar refractivity (Wildman–Crippen MR) is 72.7 cm³/mol. The molecule has 0 radical (unpaired) electrons. The molecule has 0 saturated carbocycles. The van der Waals surface area contributed by atoms with Crippen molar-refractivity contribution in [1.29, 1.82) is 0 Å². The van der Waals surface area contributed by atoms with Gasteiger partial charge in [-0.1, -0.05) is 17.7 Å². The molecule has 0 amide bonds. The molecule has 2 bridgehead atoms. The normalized spacial score (nSPS) is 28.6. The van der Waals surface area contributed by atoms with Crippen LogP contribution in [-0.4, -0.2) is 36.7 Å². The van der Waals surface area contributed by atoms with Crippen LogP contribution in [0.1, 0.15) is 24.4 Å². The van der Waals surface area contributed by atoms with E-state index < -0.39 is 0 Å². The average molecular weight is 285 g/mol. The SMILES string of the molecule is NCC(c1ccc(Cl)cc1F)N1CC2CCC(C1)O2. The van der Waals surface area contributed by atoms with E-state index in [-0.39, 0.29) is 24.1 Å². The molecule has 104 valence electrons. The van der Waals surface area contributed by atoms with Crippen LogP contribution in [0.5, 0.6) is 0 Å². The minimum Gasteiger partial charge on any atom is -0.372 e. The first-order chi connectivity index (χ1) is 9.17. The first kappa shape index (κ1) is 13.3. The smallest absolute Gasteiger partial charge is 0.129 e. The van der Waals surface area contributed by atoms with Crippen LogP contribution in [0.25, 0.3) is 0 Å². The number of morpholine rings is 1.